The summed E-state index contributed by atoms with van der Waals surface area (Å²) in [7, 11) is 2.80. The molecule has 0 atom stereocenters. The predicted octanol–water partition coefficient (Wildman–Crippen LogP) is 4.33. The normalized spacial score (nSPS) is 10.8. The number of hydrogen-bond acceptors (Lipinski definition) is 5. The van der Waals surface area contributed by atoms with E-state index in [9.17, 15) is 15.4 Å². The molecule has 0 aliphatic carbocycles. The van der Waals surface area contributed by atoms with Crippen LogP contribution >= 0.6 is 11.6 Å². The molecule has 0 amide bonds. The summed E-state index contributed by atoms with van der Waals surface area (Å²) >= 11 is 5.83. The van der Waals surface area contributed by atoms with E-state index in [1.165, 1.54) is 26.4 Å². The van der Waals surface area contributed by atoms with E-state index in [4.69, 9.17) is 21.1 Å². The number of methoxy groups -OCH3 is 2. The number of allylic oxidation sites excluding steroid dienone is 1. The zero-order chi connectivity index (χ0) is 17.7. The number of nitro groups is 1. The van der Waals surface area contributed by atoms with Gasteiger partial charge < -0.3 is 9.47 Å². The minimum absolute atomic E-state index is 0.130. The molecule has 6 nitrogen and oxygen atoms in total. The van der Waals surface area contributed by atoms with Crippen LogP contribution in [0.1, 0.15) is 11.1 Å². The van der Waals surface area contributed by atoms with Crippen LogP contribution in [-0.2, 0) is 0 Å². The Hall–Kier alpha value is -3.04. The molecule has 2 rings (SSSR count). The third-order valence-corrected chi connectivity index (χ3v) is 3.54. The minimum Gasteiger partial charge on any atom is -0.493 e. The highest BCUT2D eigenvalue weighted by Gasteiger charge is 2.22. The van der Waals surface area contributed by atoms with Crippen molar-refractivity contribution >= 4 is 28.9 Å². The second-order valence-electron chi connectivity index (χ2n) is 4.70. The van der Waals surface area contributed by atoms with E-state index in [1.807, 2.05) is 6.07 Å². The SMILES string of the molecule is COc1cc(C(C#N)=Cc2ccc(Cl)cc2)c([N+](=O)[O-])cc1OC. The molecule has 2 aromatic rings. The van der Waals surface area contributed by atoms with Crippen molar-refractivity contribution in [1.82, 2.24) is 0 Å². The van der Waals surface area contributed by atoms with Gasteiger partial charge in [-0.3, -0.25) is 10.1 Å². The number of nitro benzene ring substituents is 1. The molecule has 0 radical (unpaired) electrons. The Morgan fingerprint density at radius 1 is 1.21 bits per heavy atom. The van der Waals surface area contributed by atoms with Crippen molar-refractivity contribution in [3.05, 3.63) is 62.7 Å². The highest BCUT2D eigenvalue weighted by atomic mass is 35.5. The molecular formula is C17H13ClN2O4. The molecule has 0 aromatic heterocycles. The molecule has 122 valence electrons. The maximum atomic E-state index is 11.4. The first-order valence-corrected chi connectivity index (χ1v) is 7.16. The molecule has 0 unspecified atom stereocenters. The van der Waals surface area contributed by atoms with Gasteiger partial charge in [0.05, 0.1) is 36.3 Å². The van der Waals surface area contributed by atoms with Crippen LogP contribution in [0, 0.1) is 21.4 Å². The summed E-state index contributed by atoms with van der Waals surface area (Å²) in [5.41, 5.74) is 0.731. The first-order chi connectivity index (χ1) is 11.5. The van der Waals surface area contributed by atoms with Gasteiger partial charge in [-0.15, -0.1) is 0 Å². The molecular weight excluding hydrogens is 332 g/mol. The van der Waals surface area contributed by atoms with Crippen molar-refractivity contribution in [3.63, 3.8) is 0 Å². The van der Waals surface area contributed by atoms with Crippen LogP contribution in [0.2, 0.25) is 5.02 Å². The van der Waals surface area contributed by atoms with Crippen LogP contribution in [0.25, 0.3) is 11.6 Å². The van der Waals surface area contributed by atoms with Gasteiger partial charge in [0.25, 0.3) is 5.69 Å². The van der Waals surface area contributed by atoms with Crippen molar-refractivity contribution in [2.75, 3.05) is 14.2 Å². The zero-order valence-corrected chi connectivity index (χ0v) is 13.7. The lowest BCUT2D eigenvalue weighted by molar-refractivity contribution is -0.385. The lowest BCUT2D eigenvalue weighted by Crippen LogP contribution is -1.98. The van der Waals surface area contributed by atoms with Crippen molar-refractivity contribution in [2.45, 2.75) is 0 Å². The van der Waals surface area contributed by atoms with Gasteiger partial charge in [0, 0.05) is 5.02 Å². The molecule has 0 spiro atoms. The Kier molecular flexibility index (Phi) is 5.40. The molecule has 0 bridgehead atoms. The topological polar surface area (TPSA) is 85.4 Å². The van der Waals surface area contributed by atoms with Gasteiger partial charge in [-0.25, -0.2) is 0 Å². The number of ether oxygens (including phenoxy) is 2. The molecule has 7 heteroatoms. The molecule has 0 N–H and O–H groups in total. The highest BCUT2D eigenvalue weighted by molar-refractivity contribution is 6.30. The number of nitriles is 1. The van der Waals surface area contributed by atoms with E-state index in [1.54, 1.807) is 30.3 Å². The van der Waals surface area contributed by atoms with Crippen LogP contribution in [0.3, 0.4) is 0 Å². The van der Waals surface area contributed by atoms with Gasteiger partial charge in [0.2, 0.25) is 0 Å². The van der Waals surface area contributed by atoms with E-state index in [0.717, 1.165) is 0 Å². The standard InChI is InChI=1S/C17H13ClN2O4/c1-23-16-8-14(15(20(21)22)9-17(16)24-2)12(10-19)7-11-3-5-13(18)6-4-11/h3-9H,1-2H3. The average Bonchev–Trinajstić information content (AvgIpc) is 2.60. The molecule has 24 heavy (non-hydrogen) atoms. The number of hydrogen-bond donors (Lipinski definition) is 0. The Bertz CT molecular complexity index is 839. The van der Waals surface area contributed by atoms with E-state index in [-0.39, 0.29) is 22.6 Å². The molecule has 0 fully saturated rings. The van der Waals surface area contributed by atoms with E-state index in [0.29, 0.717) is 16.3 Å². The Balaban J connectivity index is 2.64. The maximum absolute atomic E-state index is 11.4. The van der Waals surface area contributed by atoms with Crippen molar-refractivity contribution in [2.24, 2.45) is 0 Å². The Labute approximate surface area is 143 Å². The van der Waals surface area contributed by atoms with Gasteiger partial charge in [0.15, 0.2) is 11.5 Å². The van der Waals surface area contributed by atoms with Gasteiger partial charge >= 0.3 is 0 Å². The summed E-state index contributed by atoms with van der Waals surface area (Å²) in [6.45, 7) is 0. The van der Waals surface area contributed by atoms with E-state index >= 15 is 0 Å². The largest absolute Gasteiger partial charge is 0.493 e. The molecule has 0 aliphatic rings. The predicted molar refractivity (Wildman–Crippen MR) is 91.1 cm³/mol. The molecule has 0 aliphatic heterocycles. The minimum atomic E-state index is -0.565. The van der Waals surface area contributed by atoms with Crippen molar-refractivity contribution in [1.29, 1.82) is 5.26 Å². The fraction of sp³-hybridized carbons (Fsp3) is 0.118. The summed E-state index contributed by atoms with van der Waals surface area (Å²) in [6.07, 6.45) is 1.55. The summed E-state index contributed by atoms with van der Waals surface area (Å²) in [5.74, 6) is 0.520. The van der Waals surface area contributed by atoms with Gasteiger partial charge in [0.1, 0.15) is 6.07 Å². The van der Waals surface area contributed by atoms with Crippen molar-refractivity contribution < 1.29 is 14.4 Å². The van der Waals surface area contributed by atoms with Crippen molar-refractivity contribution in [3.8, 4) is 17.6 Å². The number of benzene rings is 2. The second-order valence-corrected chi connectivity index (χ2v) is 5.14. The van der Waals surface area contributed by atoms with Gasteiger partial charge in [-0.2, -0.15) is 5.26 Å². The third kappa shape index (κ3) is 3.65. The van der Waals surface area contributed by atoms with Gasteiger partial charge in [-0.05, 0) is 29.8 Å². The summed E-state index contributed by atoms with van der Waals surface area (Å²) in [5, 5.41) is 21.4. The molecule has 0 saturated carbocycles. The van der Waals surface area contributed by atoms with Crippen LogP contribution in [0.5, 0.6) is 11.5 Å². The summed E-state index contributed by atoms with van der Waals surface area (Å²) in [4.78, 5) is 10.8. The monoisotopic (exact) mass is 344 g/mol. The van der Waals surface area contributed by atoms with Crippen LogP contribution in [-0.4, -0.2) is 19.1 Å². The summed E-state index contributed by atoms with van der Waals surface area (Å²) < 4.78 is 10.3. The molecule has 0 saturated heterocycles. The number of nitrogens with zero attached hydrogens (tertiary/aromatic N) is 2. The second kappa shape index (κ2) is 7.49. The maximum Gasteiger partial charge on any atom is 0.281 e. The van der Waals surface area contributed by atoms with Gasteiger partial charge in [-0.1, -0.05) is 23.7 Å². The summed E-state index contributed by atoms with van der Waals surface area (Å²) in [6, 6.07) is 11.4. The quantitative estimate of drug-likeness (QED) is 0.349. The van der Waals surface area contributed by atoms with Crippen LogP contribution in [0.4, 0.5) is 5.69 Å². The number of rotatable bonds is 5. The molecule has 2 aromatic carbocycles. The first-order valence-electron chi connectivity index (χ1n) is 6.78. The Morgan fingerprint density at radius 2 is 1.79 bits per heavy atom. The molecule has 0 heterocycles. The first kappa shape index (κ1) is 17.3. The lowest BCUT2D eigenvalue weighted by Gasteiger charge is -2.10. The lowest BCUT2D eigenvalue weighted by atomic mass is 10.0. The van der Waals surface area contributed by atoms with Crippen LogP contribution < -0.4 is 9.47 Å². The zero-order valence-electron chi connectivity index (χ0n) is 12.9. The average molecular weight is 345 g/mol. The highest BCUT2D eigenvalue weighted by Crippen LogP contribution is 2.38. The number of halogens is 1. The Morgan fingerprint density at radius 3 is 2.29 bits per heavy atom. The smallest absolute Gasteiger partial charge is 0.281 e. The van der Waals surface area contributed by atoms with E-state index in [2.05, 4.69) is 0 Å². The fourth-order valence-electron chi connectivity index (χ4n) is 2.13. The van der Waals surface area contributed by atoms with Crippen LogP contribution in [0.15, 0.2) is 36.4 Å². The third-order valence-electron chi connectivity index (χ3n) is 3.29. The van der Waals surface area contributed by atoms with E-state index < -0.39 is 4.92 Å². The fourth-order valence-corrected chi connectivity index (χ4v) is 2.26.